The van der Waals surface area contributed by atoms with Crippen molar-refractivity contribution < 1.29 is 4.79 Å². The Kier molecular flexibility index (Phi) is 5.87. The van der Waals surface area contributed by atoms with Crippen molar-refractivity contribution in [3.8, 4) is 6.07 Å². The number of amides is 1. The number of rotatable bonds is 5. The van der Waals surface area contributed by atoms with E-state index in [1.165, 1.54) is 5.56 Å². The molecule has 0 radical (unpaired) electrons. The minimum Gasteiger partial charge on any atom is -0.344 e. The molecular formula is C14H17BrN2O. The van der Waals surface area contributed by atoms with Gasteiger partial charge in [-0.05, 0) is 30.5 Å². The lowest BCUT2D eigenvalue weighted by Gasteiger charge is -2.19. The van der Waals surface area contributed by atoms with Gasteiger partial charge in [-0.25, -0.2) is 0 Å². The molecule has 0 aliphatic rings. The van der Waals surface area contributed by atoms with Gasteiger partial charge in [0.25, 0.3) is 0 Å². The molecule has 1 unspecified atom stereocenters. The van der Waals surface area contributed by atoms with Crippen molar-refractivity contribution in [2.75, 3.05) is 13.6 Å². The molecule has 1 atom stereocenters. The maximum atomic E-state index is 11.9. The summed E-state index contributed by atoms with van der Waals surface area (Å²) in [4.78, 5) is 13.5. The van der Waals surface area contributed by atoms with E-state index in [1.54, 1.807) is 11.9 Å². The molecule has 1 amide bonds. The number of carbonyl (C=O) groups excluding carboxylic acids is 1. The summed E-state index contributed by atoms with van der Waals surface area (Å²) in [5.41, 5.74) is 1.18. The zero-order valence-corrected chi connectivity index (χ0v) is 12.3. The number of benzene rings is 1. The first-order valence-corrected chi connectivity index (χ1v) is 6.76. The van der Waals surface area contributed by atoms with E-state index >= 15 is 0 Å². The maximum Gasteiger partial charge on any atom is 0.239 e. The Balaban J connectivity index is 2.53. The van der Waals surface area contributed by atoms with Crippen molar-refractivity contribution >= 4 is 21.8 Å². The van der Waals surface area contributed by atoms with Gasteiger partial charge in [-0.2, -0.15) is 5.26 Å². The predicted octanol–water partition coefficient (Wildman–Crippen LogP) is 3.00. The minimum atomic E-state index is -0.516. The molecule has 0 aliphatic carbocycles. The Bertz CT molecular complexity index is 453. The zero-order chi connectivity index (χ0) is 13.5. The van der Waals surface area contributed by atoms with Crippen molar-refractivity contribution in [1.29, 1.82) is 5.26 Å². The van der Waals surface area contributed by atoms with E-state index in [9.17, 15) is 4.79 Å². The van der Waals surface area contributed by atoms with E-state index in [4.69, 9.17) is 5.26 Å². The maximum absolute atomic E-state index is 11.9. The summed E-state index contributed by atoms with van der Waals surface area (Å²) in [6.45, 7) is 2.49. The number of nitrogens with zero attached hydrogens (tertiary/aromatic N) is 2. The molecule has 0 aliphatic heterocycles. The number of likely N-dealkylation sites (N-methyl/N-ethyl adjacent to an activating group) is 1. The van der Waals surface area contributed by atoms with Gasteiger partial charge in [0.1, 0.15) is 5.92 Å². The minimum absolute atomic E-state index is 0.0880. The quantitative estimate of drug-likeness (QED) is 0.839. The van der Waals surface area contributed by atoms with Gasteiger partial charge in [0.05, 0.1) is 6.07 Å². The molecular weight excluding hydrogens is 292 g/mol. The smallest absolute Gasteiger partial charge is 0.239 e. The molecule has 0 saturated heterocycles. The summed E-state index contributed by atoms with van der Waals surface area (Å²) in [6, 6.07) is 10.1. The third-order valence-electron chi connectivity index (χ3n) is 2.86. The average molecular weight is 309 g/mol. The lowest BCUT2D eigenvalue weighted by Crippen LogP contribution is -2.33. The van der Waals surface area contributed by atoms with E-state index in [-0.39, 0.29) is 5.91 Å². The summed E-state index contributed by atoms with van der Waals surface area (Å²) in [5.74, 6) is -0.604. The van der Waals surface area contributed by atoms with Crippen LogP contribution < -0.4 is 0 Å². The van der Waals surface area contributed by atoms with Crippen molar-refractivity contribution in [1.82, 2.24) is 4.90 Å². The Morgan fingerprint density at radius 1 is 1.56 bits per heavy atom. The van der Waals surface area contributed by atoms with Gasteiger partial charge in [-0.15, -0.1) is 0 Å². The van der Waals surface area contributed by atoms with E-state index in [2.05, 4.69) is 15.9 Å². The highest BCUT2D eigenvalue weighted by Gasteiger charge is 2.19. The number of hydrogen-bond acceptors (Lipinski definition) is 2. The summed E-state index contributed by atoms with van der Waals surface area (Å²) in [7, 11) is 1.75. The zero-order valence-electron chi connectivity index (χ0n) is 10.7. The first-order valence-electron chi connectivity index (χ1n) is 5.97. The molecule has 3 nitrogen and oxygen atoms in total. The monoisotopic (exact) mass is 308 g/mol. The van der Waals surface area contributed by atoms with Crippen LogP contribution in [0.2, 0.25) is 0 Å². The summed E-state index contributed by atoms with van der Waals surface area (Å²) in [6.07, 6.45) is 1.36. The Labute approximate surface area is 117 Å². The third-order valence-corrected chi connectivity index (χ3v) is 3.36. The van der Waals surface area contributed by atoms with Crippen LogP contribution in [0.25, 0.3) is 0 Å². The topological polar surface area (TPSA) is 44.1 Å². The highest BCUT2D eigenvalue weighted by molar-refractivity contribution is 9.10. The molecule has 18 heavy (non-hydrogen) atoms. The van der Waals surface area contributed by atoms with Crippen LogP contribution in [0.3, 0.4) is 0 Å². The van der Waals surface area contributed by atoms with E-state index in [0.29, 0.717) is 13.0 Å². The molecule has 1 aromatic rings. The van der Waals surface area contributed by atoms with Gasteiger partial charge >= 0.3 is 0 Å². The van der Waals surface area contributed by atoms with Gasteiger partial charge < -0.3 is 4.90 Å². The lowest BCUT2D eigenvalue weighted by atomic mass is 10.1. The van der Waals surface area contributed by atoms with Crippen molar-refractivity contribution in [3.63, 3.8) is 0 Å². The normalized spacial score (nSPS) is 11.7. The molecule has 0 fully saturated rings. The van der Waals surface area contributed by atoms with Gasteiger partial charge in [0.2, 0.25) is 5.91 Å². The number of hydrogen-bond donors (Lipinski definition) is 0. The second-order valence-electron chi connectivity index (χ2n) is 4.23. The van der Waals surface area contributed by atoms with Crippen LogP contribution in [-0.4, -0.2) is 24.4 Å². The van der Waals surface area contributed by atoms with Gasteiger partial charge in [0, 0.05) is 18.1 Å². The molecule has 0 heterocycles. The summed E-state index contributed by atoms with van der Waals surface area (Å²) >= 11 is 3.42. The van der Waals surface area contributed by atoms with Crippen molar-refractivity contribution in [2.45, 2.75) is 19.8 Å². The molecule has 4 heteroatoms. The summed E-state index contributed by atoms with van der Waals surface area (Å²) < 4.78 is 1.04. The fraction of sp³-hybridized carbons (Fsp3) is 0.429. The number of halogens is 1. The molecule has 0 aromatic heterocycles. The van der Waals surface area contributed by atoms with Crippen molar-refractivity contribution in [2.24, 2.45) is 5.92 Å². The first kappa shape index (κ1) is 14.7. The fourth-order valence-electron chi connectivity index (χ4n) is 1.69. The summed E-state index contributed by atoms with van der Waals surface area (Å²) in [5, 5.41) is 8.86. The Morgan fingerprint density at radius 2 is 2.28 bits per heavy atom. The fourth-order valence-corrected chi connectivity index (χ4v) is 2.13. The first-order chi connectivity index (χ1) is 8.58. The highest BCUT2D eigenvalue weighted by Crippen LogP contribution is 2.13. The van der Waals surface area contributed by atoms with Gasteiger partial charge in [0.15, 0.2) is 0 Å². The Morgan fingerprint density at radius 3 is 2.83 bits per heavy atom. The average Bonchev–Trinajstić information content (AvgIpc) is 2.37. The van der Waals surface area contributed by atoms with Crippen LogP contribution in [0.4, 0.5) is 0 Å². The lowest BCUT2D eigenvalue weighted by molar-refractivity contribution is -0.132. The SMILES string of the molecule is CCC(C#N)C(=O)N(C)CCc1cccc(Br)c1. The van der Waals surface area contributed by atoms with Crippen LogP contribution in [0.1, 0.15) is 18.9 Å². The van der Waals surface area contributed by atoms with E-state index in [1.807, 2.05) is 37.3 Å². The van der Waals surface area contributed by atoms with Crippen LogP contribution in [-0.2, 0) is 11.2 Å². The molecule has 0 saturated carbocycles. The number of carbonyl (C=O) groups is 1. The molecule has 0 N–H and O–H groups in total. The molecule has 0 bridgehead atoms. The molecule has 1 rings (SSSR count). The third kappa shape index (κ3) is 4.15. The van der Waals surface area contributed by atoms with Crippen LogP contribution in [0.5, 0.6) is 0 Å². The largest absolute Gasteiger partial charge is 0.344 e. The van der Waals surface area contributed by atoms with E-state index < -0.39 is 5.92 Å². The van der Waals surface area contributed by atoms with Crippen LogP contribution >= 0.6 is 15.9 Å². The highest BCUT2D eigenvalue weighted by atomic mass is 79.9. The van der Waals surface area contributed by atoms with Crippen LogP contribution in [0, 0.1) is 17.2 Å². The molecule has 96 valence electrons. The Hall–Kier alpha value is -1.34. The second kappa shape index (κ2) is 7.17. The number of nitriles is 1. The van der Waals surface area contributed by atoms with Crippen LogP contribution in [0.15, 0.2) is 28.7 Å². The molecule has 0 spiro atoms. The molecule has 1 aromatic carbocycles. The van der Waals surface area contributed by atoms with Crippen molar-refractivity contribution in [3.05, 3.63) is 34.3 Å². The van der Waals surface area contributed by atoms with E-state index in [0.717, 1.165) is 10.9 Å². The standard InChI is InChI=1S/C14H17BrN2O/c1-3-12(10-16)14(18)17(2)8-7-11-5-4-6-13(15)9-11/h4-6,9,12H,3,7-8H2,1-2H3. The second-order valence-corrected chi connectivity index (χ2v) is 5.15. The van der Waals surface area contributed by atoms with Gasteiger partial charge in [-0.3, -0.25) is 4.79 Å². The van der Waals surface area contributed by atoms with Gasteiger partial charge in [-0.1, -0.05) is 35.0 Å². The predicted molar refractivity (Wildman–Crippen MR) is 74.9 cm³/mol.